The highest BCUT2D eigenvalue weighted by atomic mass is 32.1. The lowest BCUT2D eigenvalue weighted by Crippen LogP contribution is -2.47. The summed E-state index contributed by atoms with van der Waals surface area (Å²) in [4.78, 5) is 38.3. The van der Waals surface area contributed by atoms with Crippen molar-refractivity contribution in [2.45, 2.75) is 13.0 Å². The first-order chi connectivity index (χ1) is 15.7. The first-order valence-corrected chi connectivity index (χ1v) is 11.0. The molecule has 2 aliphatic rings. The molecule has 2 fully saturated rings. The topological polar surface area (TPSA) is 108 Å². The van der Waals surface area contributed by atoms with Crippen LogP contribution in [-0.4, -0.2) is 62.3 Å². The zero-order chi connectivity index (χ0) is 23.7. The van der Waals surface area contributed by atoms with E-state index in [0.717, 1.165) is 33.4 Å². The number of hydrogen-bond donors (Lipinski definition) is 1. The fourth-order valence-electron chi connectivity index (χ4n) is 3.84. The second-order valence-electron chi connectivity index (χ2n) is 7.65. The molecule has 0 saturated carbocycles. The molecule has 1 atom stereocenters. The van der Waals surface area contributed by atoms with Gasteiger partial charge < -0.3 is 19.9 Å². The van der Waals surface area contributed by atoms with Crippen molar-refractivity contribution in [3.05, 3.63) is 46.0 Å². The van der Waals surface area contributed by atoms with Crippen LogP contribution in [0.4, 0.5) is 35.0 Å². The summed E-state index contributed by atoms with van der Waals surface area (Å²) < 4.78 is 35.0. The summed E-state index contributed by atoms with van der Waals surface area (Å²) in [6.07, 6.45) is -1.36. The number of piperazine rings is 1. The van der Waals surface area contributed by atoms with Crippen molar-refractivity contribution in [3.63, 3.8) is 0 Å². The van der Waals surface area contributed by atoms with Crippen LogP contribution in [0.15, 0.2) is 24.3 Å². The van der Waals surface area contributed by atoms with E-state index in [2.05, 4.69) is 5.32 Å². The molecule has 1 aromatic heterocycles. The average Bonchev–Trinajstić information content (AvgIpc) is 3.39. The third-order valence-corrected chi connectivity index (χ3v) is 6.53. The van der Waals surface area contributed by atoms with Gasteiger partial charge >= 0.3 is 11.1 Å². The van der Waals surface area contributed by atoms with Crippen LogP contribution in [0.1, 0.15) is 6.92 Å². The van der Waals surface area contributed by atoms with Crippen LogP contribution in [0.2, 0.25) is 0 Å². The van der Waals surface area contributed by atoms with Crippen molar-refractivity contribution in [3.8, 4) is 0 Å². The number of hydrogen-bond acceptors (Lipinski definition) is 8. The molecule has 0 bridgehead atoms. The maximum Gasteiger partial charge on any atom is 0.414 e. The molecular formula is C20H21F2N5O5S. The summed E-state index contributed by atoms with van der Waals surface area (Å²) in [5.41, 5.74) is -0.147. The van der Waals surface area contributed by atoms with Crippen molar-refractivity contribution in [1.29, 1.82) is 0 Å². The lowest BCUT2D eigenvalue weighted by atomic mass is 10.2. The standard InChI is InChI=1S/C20H21F2N5O5S/c1-12(28)23-10-14-11-26(20(29)32-14)13-8-15(21)19(16(22)9-13)25-6-4-24(5-7-25)17-2-3-18(33-17)27(30)31/h2-3,8-9,14H,4-7,10-11H2,1H3,(H,23,28)/t14-/m0/s1. The first kappa shape index (κ1) is 22.7. The van der Waals surface area contributed by atoms with E-state index >= 15 is 0 Å². The highest BCUT2D eigenvalue weighted by Crippen LogP contribution is 2.34. The normalized spacial score (nSPS) is 18.5. The number of thiophene rings is 1. The minimum Gasteiger partial charge on any atom is -0.442 e. The van der Waals surface area contributed by atoms with Crippen LogP contribution < -0.4 is 20.0 Å². The molecule has 33 heavy (non-hydrogen) atoms. The monoisotopic (exact) mass is 481 g/mol. The van der Waals surface area contributed by atoms with E-state index < -0.39 is 28.8 Å². The van der Waals surface area contributed by atoms with Crippen molar-refractivity contribution in [1.82, 2.24) is 5.32 Å². The number of anilines is 3. The summed E-state index contributed by atoms with van der Waals surface area (Å²) in [5, 5.41) is 14.2. The van der Waals surface area contributed by atoms with Crippen LogP contribution >= 0.6 is 11.3 Å². The third-order valence-electron chi connectivity index (χ3n) is 5.43. The fraction of sp³-hybridized carbons (Fsp3) is 0.400. The maximum absolute atomic E-state index is 14.9. The van der Waals surface area contributed by atoms with E-state index in [1.807, 2.05) is 4.90 Å². The minimum absolute atomic E-state index is 0.0357. The quantitative estimate of drug-likeness (QED) is 0.499. The van der Waals surface area contributed by atoms with Crippen LogP contribution in [0.5, 0.6) is 0 Å². The lowest BCUT2D eigenvalue weighted by molar-refractivity contribution is -0.380. The Bertz CT molecular complexity index is 1070. The van der Waals surface area contributed by atoms with Gasteiger partial charge in [0.05, 0.1) is 28.7 Å². The van der Waals surface area contributed by atoms with Crippen LogP contribution in [-0.2, 0) is 9.53 Å². The number of halogens is 2. The van der Waals surface area contributed by atoms with Gasteiger partial charge in [0.1, 0.15) is 11.8 Å². The number of carbonyl (C=O) groups excluding carboxylic acids is 2. The second kappa shape index (κ2) is 9.17. The minimum atomic E-state index is -0.802. The summed E-state index contributed by atoms with van der Waals surface area (Å²) in [6.45, 7) is 3.04. The van der Waals surface area contributed by atoms with E-state index in [9.17, 15) is 28.5 Å². The summed E-state index contributed by atoms with van der Waals surface area (Å²) in [5.74, 6) is -1.88. The van der Waals surface area contributed by atoms with Gasteiger partial charge in [-0.2, -0.15) is 0 Å². The predicted octanol–water partition coefficient (Wildman–Crippen LogP) is 2.72. The Kier molecular flexibility index (Phi) is 6.31. The number of carbonyl (C=O) groups is 2. The largest absolute Gasteiger partial charge is 0.442 e. The molecule has 2 aliphatic heterocycles. The van der Waals surface area contributed by atoms with E-state index in [0.29, 0.717) is 26.2 Å². The van der Waals surface area contributed by atoms with Gasteiger partial charge in [0.25, 0.3) is 0 Å². The summed E-state index contributed by atoms with van der Waals surface area (Å²) in [6, 6.07) is 5.29. The maximum atomic E-state index is 14.9. The Morgan fingerprint density at radius 2 is 1.85 bits per heavy atom. The Hall–Kier alpha value is -3.48. The third kappa shape index (κ3) is 4.82. The highest BCUT2D eigenvalue weighted by molar-refractivity contribution is 7.19. The Morgan fingerprint density at radius 3 is 2.42 bits per heavy atom. The molecule has 2 amide bonds. The number of amides is 2. The van der Waals surface area contributed by atoms with Gasteiger partial charge in [-0.3, -0.25) is 19.8 Å². The van der Waals surface area contributed by atoms with Gasteiger partial charge in [-0.25, -0.2) is 13.6 Å². The summed E-state index contributed by atoms with van der Waals surface area (Å²) in [7, 11) is 0. The van der Waals surface area contributed by atoms with Crippen LogP contribution in [0.25, 0.3) is 0 Å². The van der Waals surface area contributed by atoms with Crippen molar-refractivity contribution < 1.29 is 28.0 Å². The van der Waals surface area contributed by atoms with E-state index in [4.69, 9.17) is 4.74 Å². The molecule has 0 aliphatic carbocycles. The second-order valence-corrected chi connectivity index (χ2v) is 8.70. The molecule has 4 rings (SSSR count). The zero-order valence-electron chi connectivity index (χ0n) is 17.6. The average molecular weight is 481 g/mol. The van der Waals surface area contributed by atoms with Gasteiger partial charge in [0.2, 0.25) is 5.91 Å². The molecule has 2 aromatic rings. The van der Waals surface area contributed by atoms with Gasteiger partial charge in [-0.1, -0.05) is 0 Å². The van der Waals surface area contributed by atoms with Gasteiger partial charge in [-0.15, -0.1) is 0 Å². The van der Waals surface area contributed by atoms with Gasteiger partial charge in [-0.05, 0) is 17.4 Å². The van der Waals surface area contributed by atoms with Crippen LogP contribution in [0, 0.1) is 21.7 Å². The number of nitro groups is 1. The van der Waals surface area contributed by atoms with Crippen molar-refractivity contribution in [2.24, 2.45) is 0 Å². The molecule has 2 saturated heterocycles. The predicted molar refractivity (Wildman–Crippen MR) is 118 cm³/mol. The number of ether oxygens (including phenoxy) is 1. The molecule has 13 heteroatoms. The van der Waals surface area contributed by atoms with Crippen LogP contribution in [0.3, 0.4) is 0 Å². The Balaban J connectivity index is 1.43. The molecule has 1 N–H and O–H groups in total. The molecule has 10 nitrogen and oxygen atoms in total. The number of rotatable bonds is 6. The van der Waals surface area contributed by atoms with E-state index in [1.165, 1.54) is 13.0 Å². The number of cyclic esters (lactones) is 1. The number of nitrogens with zero attached hydrogens (tertiary/aromatic N) is 4. The molecule has 0 spiro atoms. The lowest BCUT2D eigenvalue weighted by Gasteiger charge is -2.36. The zero-order valence-corrected chi connectivity index (χ0v) is 18.4. The molecular weight excluding hydrogens is 460 g/mol. The fourth-order valence-corrected chi connectivity index (χ4v) is 4.72. The Labute approximate surface area is 191 Å². The number of benzene rings is 1. The van der Waals surface area contributed by atoms with Gasteiger partial charge in [0.15, 0.2) is 11.6 Å². The smallest absolute Gasteiger partial charge is 0.414 e. The molecule has 1 aromatic carbocycles. The molecule has 0 radical (unpaired) electrons. The Morgan fingerprint density at radius 1 is 1.21 bits per heavy atom. The molecule has 0 unspecified atom stereocenters. The van der Waals surface area contributed by atoms with E-state index in [-0.39, 0.29) is 35.4 Å². The van der Waals surface area contributed by atoms with Crippen molar-refractivity contribution >= 4 is 44.7 Å². The van der Waals surface area contributed by atoms with E-state index in [1.54, 1.807) is 11.0 Å². The first-order valence-electron chi connectivity index (χ1n) is 10.2. The SMILES string of the molecule is CC(=O)NC[C@H]1CN(c2cc(F)c(N3CCN(c4ccc([N+](=O)[O-])s4)CC3)c(F)c2)C(=O)O1. The molecule has 3 heterocycles. The van der Waals surface area contributed by atoms with Crippen molar-refractivity contribution in [2.75, 3.05) is 54.0 Å². The number of nitrogens with one attached hydrogen (secondary N) is 1. The van der Waals surface area contributed by atoms with Gasteiger partial charge in [0, 0.05) is 51.3 Å². The summed E-state index contributed by atoms with van der Waals surface area (Å²) >= 11 is 1.06. The highest BCUT2D eigenvalue weighted by Gasteiger charge is 2.34. The molecule has 176 valence electrons.